The second-order valence-corrected chi connectivity index (χ2v) is 9.81. The number of hydrogen-bond acceptors (Lipinski definition) is 6. The molecule has 0 aromatic heterocycles. The van der Waals surface area contributed by atoms with Crippen LogP contribution in [0.2, 0.25) is 0 Å². The van der Waals surface area contributed by atoms with Gasteiger partial charge < -0.3 is 19.3 Å². The molecule has 1 aliphatic carbocycles. The standard InChI is InChI=1S/C24H31FO6/c1-13(2)24-11-18(29-19(27)12-26)23(4,31-24)17-10-5-14(3)20(17)21(24)30-22(28)15-6-8-16(25)9-7-15/h6-9,13-14,17-18,20-21,26H,5,10-12H2,1-4H3/t14-,17-,18-,20-,21+,23+,24-/m1/s1. The van der Waals surface area contributed by atoms with Crippen LogP contribution in [0.25, 0.3) is 0 Å². The zero-order valence-corrected chi connectivity index (χ0v) is 18.5. The first-order valence-corrected chi connectivity index (χ1v) is 11.1. The highest BCUT2D eigenvalue weighted by atomic mass is 19.1. The largest absolute Gasteiger partial charge is 0.457 e. The van der Waals surface area contributed by atoms with Crippen LogP contribution < -0.4 is 0 Å². The predicted octanol–water partition coefficient (Wildman–Crippen LogP) is 3.50. The molecule has 0 spiro atoms. The molecule has 7 atom stereocenters. The molecule has 2 bridgehead atoms. The second kappa shape index (κ2) is 7.85. The zero-order valence-electron chi connectivity index (χ0n) is 18.5. The Morgan fingerprint density at radius 2 is 1.90 bits per heavy atom. The van der Waals surface area contributed by atoms with Crippen LogP contribution in [0.15, 0.2) is 24.3 Å². The summed E-state index contributed by atoms with van der Waals surface area (Å²) < 4.78 is 31.8. The van der Waals surface area contributed by atoms with Crippen LogP contribution in [0.3, 0.4) is 0 Å². The molecule has 1 saturated carbocycles. The predicted molar refractivity (Wildman–Crippen MR) is 110 cm³/mol. The summed E-state index contributed by atoms with van der Waals surface area (Å²) in [7, 11) is 0. The molecule has 3 aliphatic rings. The van der Waals surface area contributed by atoms with E-state index in [4.69, 9.17) is 14.2 Å². The molecule has 0 radical (unpaired) electrons. The molecular formula is C24H31FO6. The number of aliphatic hydroxyl groups excluding tert-OH is 1. The highest BCUT2D eigenvalue weighted by Gasteiger charge is 2.72. The molecule has 1 aromatic rings. The van der Waals surface area contributed by atoms with E-state index in [0.717, 1.165) is 12.8 Å². The molecule has 0 unspecified atom stereocenters. The molecule has 2 aliphatic heterocycles. The van der Waals surface area contributed by atoms with E-state index in [1.807, 2.05) is 20.8 Å². The normalized spacial score (nSPS) is 38.7. The van der Waals surface area contributed by atoms with Crippen molar-refractivity contribution in [1.29, 1.82) is 0 Å². The molecule has 31 heavy (non-hydrogen) atoms. The van der Waals surface area contributed by atoms with Gasteiger partial charge in [-0.15, -0.1) is 0 Å². The maximum absolute atomic E-state index is 13.3. The van der Waals surface area contributed by atoms with E-state index in [-0.39, 0.29) is 23.3 Å². The zero-order chi connectivity index (χ0) is 22.6. The molecule has 170 valence electrons. The van der Waals surface area contributed by atoms with Crippen LogP contribution >= 0.6 is 0 Å². The van der Waals surface area contributed by atoms with Crippen molar-refractivity contribution in [3.8, 4) is 0 Å². The van der Waals surface area contributed by atoms with Gasteiger partial charge >= 0.3 is 11.9 Å². The van der Waals surface area contributed by atoms with Gasteiger partial charge in [-0.3, -0.25) is 0 Å². The molecule has 2 heterocycles. The van der Waals surface area contributed by atoms with Crippen molar-refractivity contribution < 1.29 is 33.3 Å². The Morgan fingerprint density at radius 3 is 2.52 bits per heavy atom. The molecule has 3 fully saturated rings. The fraction of sp³-hybridized carbons (Fsp3) is 0.667. The van der Waals surface area contributed by atoms with Crippen LogP contribution in [0.4, 0.5) is 4.39 Å². The van der Waals surface area contributed by atoms with Crippen LogP contribution in [0, 0.1) is 29.5 Å². The number of hydrogen-bond donors (Lipinski definition) is 1. The summed E-state index contributed by atoms with van der Waals surface area (Å²) in [6, 6.07) is 5.32. The first-order valence-electron chi connectivity index (χ1n) is 11.1. The third kappa shape index (κ3) is 3.46. The SMILES string of the molecule is CC(C)[C@@]12C[C@@H](OC(=O)CO)[C@@](C)(O1)[C@@H]1CC[C@@H](C)[C@H]1[C@@H]2OC(=O)c1ccc(F)cc1. The topological polar surface area (TPSA) is 82.1 Å². The van der Waals surface area contributed by atoms with E-state index in [1.165, 1.54) is 24.3 Å². The van der Waals surface area contributed by atoms with Crippen molar-refractivity contribution in [2.24, 2.45) is 23.7 Å². The van der Waals surface area contributed by atoms with Gasteiger partial charge in [0.05, 0.1) is 5.56 Å². The lowest BCUT2D eigenvalue weighted by Crippen LogP contribution is -2.62. The van der Waals surface area contributed by atoms with Crippen LogP contribution in [-0.4, -0.2) is 47.1 Å². The van der Waals surface area contributed by atoms with Crippen molar-refractivity contribution in [2.45, 2.75) is 70.4 Å². The van der Waals surface area contributed by atoms with Crippen molar-refractivity contribution in [1.82, 2.24) is 0 Å². The van der Waals surface area contributed by atoms with Gasteiger partial charge in [-0.1, -0.05) is 20.8 Å². The van der Waals surface area contributed by atoms with Gasteiger partial charge in [-0.25, -0.2) is 14.0 Å². The lowest BCUT2D eigenvalue weighted by Gasteiger charge is -2.53. The number of carbonyl (C=O) groups is 2. The van der Waals surface area contributed by atoms with E-state index in [0.29, 0.717) is 12.3 Å². The maximum Gasteiger partial charge on any atom is 0.338 e. The van der Waals surface area contributed by atoms with Gasteiger partial charge in [0.25, 0.3) is 0 Å². The van der Waals surface area contributed by atoms with Crippen molar-refractivity contribution >= 4 is 11.9 Å². The van der Waals surface area contributed by atoms with E-state index < -0.39 is 47.8 Å². The van der Waals surface area contributed by atoms with Crippen LogP contribution in [0.5, 0.6) is 0 Å². The fourth-order valence-electron chi connectivity index (χ4n) is 6.21. The Bertz CT molecular complexity index is 854. The first-order chi connectivity index (χ1) is 14.6. The molecule has 0 amide bonds. The summed E-state index contributed by atoms with van der Waals surface area (Å²) in [6.45, 7) is 7.51. The summed E-state index contributed by atoms with van der Waals surface area (Å²) in [5.74, 6) is -1.19. The van der Waals surface area contributed by atoms with Crippen LogP contribution in [-0.2, 0) is 19.0 Å². The number of ether oxygens (including phenoxy) is 3. The third-order valence-electron chi connectivity index (χ3n) is 7.87. The smallest absolute Gasteiger partial charge is 0.338 e. The summed E-state index contributed by atoms with van der Waals surface area (Å²) in [6.07, 6.45) is 1.20. The summed E-state index contributed by atoms with van der Waals surface area (Å²) in [4.78, 5) is 25.0. The number of aliphatic hydroxyl groups is 1. The van der Waals surface area contributed by atoms with E-state index in [2.05, 4.69) is 6.92 Å². The number of carbonyl (C=O) groups excluding carboxylic acids is 2. The van der Waals surface area contributed by atoms with Crippen molar-refractivity contribution in [2.75, 3.05) is 6.61 Å². The second-order valence-electron chi connectivity index (χ2n) is 9.81. The van der Waals surface area contributed by atoms with Gasteiger partial charge in [-0.2, -0.15) is 0 Å². The molecule has 1 N–H and O–H groups in total. The Balaban J connectivity index is 1.72. The van der Waals surface area contributed by atoms with Crippen molar-refractivity contribution in [3.63, 3.8) is 0 Å². The summed E-state index contributed by atoms with van der Waals surface area (Å²) in [5.41, 5.74) is -1.23. The number of benzene rings is 1. The minimum atomic E-state index is -0.815. The summed E-state index contributed by atoms with van der Waals surface area (Å²) in [5, 5.41) is 9.23. The first kappa shape index (κ1) is 22.2. The molecular weight excluding hydrogens is 403 g/mol. The molecule has 1 aromatic carbocycles. The average molecular weight is 435 g/mol. The Kier molecular flexibility index (Phi) is 5.63. The minimum absolute atomic E-state index is 0.00980. The third-order valence-corrected chi connectivity index (χ3v) is 7.87. The highest BCUT2D eigenvalue weighted by molar-refractivity contribution is 5.89. The quantitative estimate of drug-likeness (QED) is 0.715. The van der Waals surface area contributed by atoms with E-state index in [1.54, 1.807) is 0 Å². The minimum Gasteiger partial charge on any atom is -0.457 e. The monoisotopic (exact) mass is 434 g/mol. The number of rotatable bonds is 5. The Hall–Kier alpha value is -1.99. The number of esters is 2. The molecule has 4 rings (SSSR count). The number of halogens is 1. The molecule has 2 saturated heterocycles. The molecule has 6 nitrogen and oxygen atoms in total. The number of fused-ring (bicyclic) bond motifs is 4. The van der Waals surface area contributed by atoms with Crippen LogP contribution in [0.1, 0.15) is 57.3 Å². The van der Waals surface area contributed by atoms with Gasteiger partial charge in [0, 0.05) is 12.3 Å². The fourth-order valence-corrected chi connectivity index (χ4v) is 6.21. The highest BCUT2D eigenvalue weighted by Crippen LogP contribution is 2.63. The molecule has 7 heteroatoms. The van der Waals surface area contributed by atoms with Gasteiger partial charge in [0.2, 0.25) is 0 Å². The Morgan fingerprint density at radius 1 is 1.23 bits per heavy atom. The average Bonchev–Trinajstić information content (AvgIpc) is 3.24. The van der Waals surface area contributed by atoms with Gasteiger partial charge in [-0.05, 0) is 61.8 Å². The lowest BCUT2D eigenvalue weighted by molar-refractivity contribution is -0.259. The van der Waals surface area contributed by atoms with Gasteiger partial charge in [0.1, 0.15) is 35.8 Å². The van der Waals surface area contributed by atoms with Crippen molar-refractivity contribution in [3.05, 3.63) is 35.6 Å². The lowest BCUT2D eigenvalue weighted by atomic mass is 9.69. The van der Waals surface area contributed by atoms with Gasteiger partial charge in [0.15, 0.2) is 0 Å². The van der Waals surface area contributed by atoms with E-state index >= 15 is 0 Å². The van der Waals surface area contributed by atoms with E-state index in [9.17, 15) is 19.1 Å². The maximum atomic E-state index is 13.3. The Labute approximate surface area is 182 Å². The summed E-state index contributed by atoms with van der Waals surface area (Å²) >= 11 is 0.